The normalized spacial score (nSPS) is 12.9. The fraction of sp³-hybridized carbons (Fsp3) is 0.833. The van der Waals surface area contributed by atoms with E-state index in [2.05, 4.69) is 5.32 Å². The SMILES string of the molecule is COCC(CO)NCC(N)=O. The molecule has 11 heavy (non-hydrogen) atoms. The molecule has 0 rings (SSSR count). The summed E-state index contributed by atoms with van der Waals surface area (Å²) in [5, 5.41) is 11.4. The van der Waals surface area contributed by atoms with Gasteiger partial charge in [-0.1, -0.05) is 0 Å². The van der Waals surface area contributed by atoms with Gasteiger partial charge in [0.15, 0.2) is 0 Å². The molecule has 0 spiro atoms. The molecule has 0 aliphatic heterocycles. The van der Waals surface area contributed by atoms with Gasteiger partial charge >= 0.3 is 0 Å². The highest BCUT2D eigenvalue weighted by molar-refractivity contribution is 5.75. The molecule has 0 aliphatic rings. The van der Waals surface area contributed by atoms with Gasteiger partial charge in [0, 0.05) is 7.11 Å². The molecule has 0 heterocycles. The highest BCUT2D eigenvalue weighted by Gasteiger charge is 2.05. The van der Waals surface area contributed by atoms with Gasteiger partial charge in [-0.15, -0.1) is 0 Å². The number of methoxy groups -OCH3 is 1. The van der Waals surface area contributed by atoms with Gasteiger partial charge in [0.05, 0.1) is 25.8 Å². The molecule has 0 saturated heterocycles. The summed E-state index contributed by atoms with van der Waals surface area (Å²) >= 11 is 0. The standard InChI is InChI=1S/C6H14N2O3/c1-11-4-5(3-9)8-2-6(7)10/h5,8-9H,2-4H2,1H3,(H2,7,10). The van der Waals surface area contributed by atoms with Gasteiger partial charge in [-0.2, -0.15) is 0 Å². The number of aliphatic hydroxyl groups is 1. The Labute approximate surface area is 65.5 Å². The van der Waals surface area contributed by atoms with E-state index in [4.69, 9.17) is 15.6 Å². The van der Waals surface area contributed by atoms with Gasteiger partial charge < -0.3 is 20.9 Å². The predicted molar refractivity (Wildman–Crippen MR) is 39.9 cm³/mol. The zero-order chi connectivity index (χ0) is 8.69. The summed E-state index contributed by atoms with van der Waals surface area (Å²) < 4.78 is 4.75. The van der Waals surface area contributed by atoms with Gasteiger partial charge in [-0.25, -0.2) is 0 Å². The number of primary amides is 1. The molecule has 0 aromatic rings. The molecule has 1 amide bonds. The van der Waals surface area contributed by atoms with Crippen molar-refractivity contribution < 1.29 is 14.6 Å². The summed E-state index contributed by atoms with van der Waals surface area (Å²) in [6.07, 6.45) is 0. The minimum atomic E-state index is -0.445. The number of aliphatic hydroxyl groups excluding tert-OH is 1. The van der Waals surface area contributed by atoms with Crippen LogP contribution >= 0.6 is 0 Å². The number of ether oxygens (including phenoxy) is 1. The number of carbonyl (C=O) groups is 1. The Morgan fingerprint density at radius 2 is 2.45 bits per heavy atom. The molecule has 0 aliphatic carbocycles. The number of carbonyl (C=O) groups excluding carboxylic acids is 1. The van der Waals surface area contributed by atoms with Crippen molar-refractivity contribution in [2.75, 3.05) is 26.9 Å². The van der Waals surface area contributed by atoms with Crippen LogP contribution < -0.4 is 11.1 Å². The summed E-state index contributed by atoms with van der Waals surface area (Å²) in [5.74, 6) is -0.445. The van der Waals surface area contributed by atoms with Crippen molar-refractivity contribution >= 4 is 5.91 Å². The van der Waals surface area contributed by atoms with E-state index in [1.165, 1.54) is 7.11 Å². The summed E-state index contributed by atoms with van der Waals surface area (Å²) in [7, 11) is 1.52. The lowest BCUT2D eigenvalue weighted by Crippen LogP contribution is -2.41. The van der Waals surface area contributed by atoms with E-state index in [0.29, 0.717) is 6.61 Å². The van der Waals surface area contributed by atoms with Gasteiger partial charge in [0.1, 0.15) is 0 Å². The molecular weight excluding hydrogens is 148 g/mol. The molecule has 0 radical (unpaired) electrons. The second kappa shape index (κ2) is 6.09. The lowest BCUT2D eigenvalue weighted by molar-refractivity contribution is -0.117. The van der Waals surface area contributed by atoms with Crippen LogP contribution in [-0.4, -0.2) is 43.9 Å². The van der Waals surface area contributed by atoms with Crippen LogP contribution in [0.4, 0.5) is 0 Å². The molecule has 4 N–H and O–H groups in total. The Kier molecular flexibility index (Phi) is 5.73. The molecule has 0 bridgehead atoms. The van der Waals surface area contributed by atoms with E-state index < -0.39 is 5.91 Å². The van der Waals surface area contributed by atoms with E-state index in [0.717, 1.165) is 0 Å². The maximum atomic E-state index is 10.3. The lowest BCUT2D eigenvalue weighted by atomic mass is 10.3. The first kappa shape index (κ1) is 10.3. The summed E-state index contributed by atoms with van der Waals surface area (Å²) in [5.41, 5.74) is 4.87. The van der Waals surface area contributed by atoms with E-state index in [9.17, 15) is 4.79 Å². The topological polar surface area (TPSA) is 84.6 Å². The minimum Gasteiger partial charge on any atom is -0.395 e. The molecule has 66 valence electrons. The van der Waals surface area contributed by atoms with Crippen LogP contribution in [-0.2, 0) is 9.53 Å². The molecule has 5 heteroatoms. The van der Waals surface area contributed by atoms with Crippen LogP contribution in [0.3, 0.4) is 0 Å². The predicted octanol–water partition coefficient (Wildman–Crippen LogP) is -1.93. The summed E-state index contributed by atoms with van der Waals surface area (Å²) in [6.45, 7) is 0.361. The van der Waals surface area contributed by atoms with Crippen molar-refractivity contribution in [2.24, 2.45) is 5.73 Å². The van der Waals surface area contributed by atoms with Crippen LogP contribution in [0.25, 0.3) is 0 Å². The molecule has 0 fully saturated rings. The molecular formula is C6H14N2O3. The van der Waals surface area contributed by atoms with Crippen LogP contribution in [0.5, 0.6) is 0 Å². The second-order valence-corrected chi connectivity index (χ2v) is 2.18. The van der Waals surface area contributed by atoms with Crippen molar-refractivity contribution in [3.63, 3.8) is 0 Å². The molecule has 0 saturated carbocycles. The number of amides is 1. The van der Waals surface area contributed by atoms with Crippen LogP contribution in [0.15, 0.2) is 0 Å². The van der Waals surface area contributed by atoms with Crippen molar-refractivity contribution in [2.45, 2.75) is 6.04 Å². The third-order valence-electron chi connectivity index (χ3n) is 1.15. The molecule has 0 aromatic heterocycles. The van der Waals surface area contributed by atoms with Crippen molar-refractivity contribution in [3.05, 3.63) is 0 Å². The number of nitrogens with two attached hydrogens (primary N) is 1. The van der Waals surface area contributed by atoms with Gasteiger partial charge in [-0.05, 0) is 0 Å². The molecule has 1 unspecified atom stereocenters. The maximum absolute atomic E-state index is 10.3. The number of rotatable bonds is 6. The van der Waals surface area contributed by atoms with E-state index in [1.54, 1.807) is 0 Å². The molecule has 5 nitrogen and oxygen atoms in total. The fourth-order valence-corrected chi connectivity index (χ4v) is 0.622. The highest BCUT2D eigenvalue weighted by atomic mass is 16.5. The largest absolute Gasteiger partial charge is 0.395 e. The van der Waals surface area contributed by atoms with Gasteiger partial charge in [-0.3, -0.25) is 4.79 Å². The number of hydrogen-bond acceptors (Lipinski definition) is 4. The third-order valence-corrected chi connectivity index (χ3v) is 1.15. The molecule has 0 aromatic carbocycles. The Morgan fingerprint density at radius 3 is 2.82 bits per heavy atom. The Hall–Kier alpha value is -0.650. The quantitative estimate of drug-likeness (QED) is 0.424. The van der Waals surface area contributed by atoms with Crippen LogP contribution in [0, 0.1) is 0 Å². The first-order valence-corrected chi connectivity index (χ1v) is 3.32. The van der Waals surface area contributed by atoms with Gasteiger partial charge in [0.25, 0.3) is 0 Å². The van der Waals surface area contributed by atoms with Crippen molar-refractivity contribution in [1.29, 1.82) is 0 Å². The zero-order valence-corrected chi connectivity index (χ0v) is 6.54. The van der Waals surface area contributed by atoms with Crippen molar-refractivity contribution in [1.82, 2.24) is 5.32 Å². The highest BCUT2D eigenvalue weighted by Crippen LogP contribution is 1.81. The number of nitrogens with one attached hydrogen (secondary N) is 1. The fourth-order valence-electron chi connectivity index (χ4n) is 0.622. The average molecular weight is 162 g/mol. The van der Waals surface area contributed by atoms with E-state index >= 15 is 0 Å². The number of hydrogen-bond donors (Lipinski definition) is 3. The molecule has 1 atom stereocenters. The summed E-state index contributed by atoms with van der Waals surface area (Å²) in [4.78, 5) is 10.3. The smallest absolute Gasteiger partial charge is 0.231 e. The van der Waals surface area contributed by atoms with Crippen molar-refractivity contribution in [3.8, 4) is 0 Å². The Bertz CT molecular complexity index is 118. The first-order valence-electron chi connectivity index (χ1n) is 3.32. The van der Waals surface area contributed by atoms with Crippen LogP contribution in [0.2, 0.25) is 0 Å². The van der Waals surface area contributed by atoms with Crippen LogP contribution in [0.1, 0.15) is 0 Å². The lowest BCUT2D eigenvalue weighted by Gasteiger charge is -2.13. The van der Waals surface area contributed by atoms with Gasteiger partial charge in [0.2, 0.25) is 5.91 Å². The maximum Gasteiger partial charge on any atom is 0.231 e. The first-order chi connectivity index (χ1) is 5.20. The second-order valence-electron chi connectivity index (χ2n) is 2.18. The zero-order valence-electron chi connectivity index (χ0n) is 6.54. The Morgan fingerprint density at radius 1 is 1.82 bits per heavy atom. The average Bonchev–Trinajstić information content (AvgIpc) is 1.97. The third kappa shape index (κ3) is 5.78. The monoisotopic (exact) mass is 162 g/mol. The van der Waals surface area contributed by atoms with E-state index in [-0.39, 0.29) is 19.2 Å². The Balaban J connectivity index is 3.43. The van der Waals surface area contributed by atoms with E-state index in [1.807, 2.05) is 0 Å². The minimum absolute atomic E-state index is 0.0641. The summed E-state index contributed by atoms with van der Waals surface area (Å²) in [6, 6.07) is -0.215.